The number of sulfonamides is 1. The number of fused-ring (bicyclic) bond motifs is 1. The van der Waals surface area contributed by atoms with Crippen LogP contribution < -0.4 is 15.4 Å². The minimum atomic E-state index is -3.74. The largest absolute Gasteiger partial charge is 0.326 e. The summed E-state index contributed by atoms with van der Waals surface area (Å²) in [5.41, 5.74) is 4.35. The first-order valence-corrected chi connectivity index (χ1v) is 11.0. The van der Waals surface area contributed by atoms with Crippen molar-refractivity contribution in [2.45, 2.75) is 44.4 Å². The summed E-state index contributed by atoms with van der Waals surface area (Å²) < 4.78 is 27.6. The first-order chi connectivity index (χ1) is 13.7. The van der Waals surface area contributed by atoms with Crippen molar-refractivity contribution in [1.82, 2.24) is 4.72 Å². The van der Waals surface area contributed by atoms with E-state index in [0.29, 0.717) is 30.6 Å². The van der Waals surface area contributed by atoms with Gasteiger partial charge in [-0.1, -0.05) is 6.07 Å². The highest BCUT2D eigenvalue weighted by molar-refractivity contribution is 7.89. The van der Waals surface area contributed by atoms with E-state index in [1.54, 1.807) is 12.1 Å². The highest BCUT2D eigenvalue weighted by Crippen LogP contribution is 2.25. The zero-order valence-corrected chi connectivity index (χ0v) is 17.4. The number of aryl methyl sites for hydroxylation is 3. The van der Waals surface area contributed by atoms with Gasteiger partial charge in [-0.25, -0.2) is 13.1 Å². The SMILES string of the molecule is Cc1ccc(NC(=O)CCNS(=O)(=O)c2ccc3c(c2)CCCC(=O)N3)cc1C. The van der Waals surface area contributed by atoms with Crippen molar-refractivity contribution in [3.8, 4) is 0 Å². The molecule has 0 unspecified atom stereocenters. The van der Waals surface area contributed by atoms with Crippen LogP contribution in [0.5, 0.6) is 0 Å². The number of amides is 2. The van der Waals surface area contributed by atoms with E-state index in [1.807, 2.05) is 32.0 Å². The summed E-state index contributed by atoms with van der Waals surface area (Å²) in [5, 5.41) is 5.56. The number of hydrogen-bond acceptors (Lipinski definition) is 4. The minimum Gasteiger partial charge on any atom is -0.326 e. The Morgan fingerprint density at radius 1 is 1.07 bits per heavy atom. The molecule has 3 N–H and O–H groups in total. The maximum absolute atomic E-state index is 12.6. The van der Waals surface area contributed by atoms with Crippen molar-refractivity contribution in [1.29, 1.82) is 0 Å². The van der Waals surface area contributed by atoms with Gasteiger partial charge >= 0.3 is 0 Å². The van der Waals surface area contributed by atoms with Crippen LogP contribution in [-0.4, -0.2) is 26.8 Å². The highest BCUT2D eigenvalue weighted by atomic mass is 32.2. The molecule has 0 saturated carbocycles. The number of benzene rings is 2. The predicted octanol–water partition coefficient (Wildman–Crippen LogP) is 2.89. The molecular weight excluding hydrogens is 390 g/mol. The van der Waals surface area contributed by atoms with Gasteiger partial charge in [0.25, 0.3) is 0 Å². The molecule has 0 saturated heterocycles. The van der Waals surface area contributed by atoms with E-state index in [1.165, 1.54) is 6.07 Å². The zero-order chi connectivity index (χ0) is 21.0. The first kappa shape index (κ1) is 21.0. The van der Waals surface area contributed by atoms with Gasteiger partial charge < -0.3 is 10.6 Å². The highest BCUT2D eigenvalue weighted by Gasteiger charge is 2.19. The lowest BCUT2D eigenvalue weighted by Crippen LogP contribution is -2.28. The van der Waals surface area contributed by atoms with Crippen molar-refractivity contribution in [3.05, 3.63) is 53.1 Å². The lowest BCUT2D eigenvalue weighted by molar-refractivity contribution is -0.116. The van der Waals surface area contributed by atoms with Crippen LogP contribution in [-0.2, 0) is 26.0 Å². The molecule has 2 aromatic carbocycles. The average molecular weight is 416 g/mol. The quantitative estimate of drug-likeness (QED) is 0.675. The van der Waals surface area contributed by atoms with E-state index in [0.717, 1.165) is 16.7 Å². The second-order valence-corrected chi connectivity index (χ2v) is 8.98. The summed E-state index contributed by atoms with van der Waals surface area (Å²) in [5.74, 6) is -0.326. The van der Waals surface area contributed by atoms with E-state index in [4.69, 9.17) is 0 Å². The van der Waals surface area contributed by atoms with Crippen LogP contribution in [0, 0.1) is 13.8 Å². The van der Waals surface area contributed by atoms with Gasteiger partial charge in [0.2, 0.25) is 21.8 Å². The first-order valence-electron chi connectivity index (χ1n) is 9.54. The van der Waals surface area contributed by atoms with Crippen molar-refractivity contribution in [3.63, 3.8) is 0 Å². The van der Waals surface area contributed by atoms with Crippen LogP contribution >= 0.6 is 0 Å². The van der Waals surface area contributed by atoms with Crippen LogP contribution in [0.2, 0.25) is 0 Å². The number of nitrogens with one attached hydrogen (secondary N) is 3. The molecule has 29 heavy (non-hydrogen) atoms. The predicted molar refractivity (Wildman–Crippen MR) is 112 cm³/mol. The average Bonchev–Trinajstić information content (AvgIpc) is 2.84. The molecule has 2 amide bonds. The lowest BCUT2D eigenvalue weighted by atomic mass is 10.1. The number of hydrogen-bond donors (Lipinski definition) is 3. The molecule has 7 nitrogen and oxygen atoms in total. The Morgan fingerprint density at radius 2 is 1.86 bits per heavy atom. The van der Waals surface area contributed by atoms with Crippen LogP contribution in [0.15, 0.2) is 41.3 Å². The van der Waals surface area contributed by atoms with E-state index in [-0.39, 0.29) is 29.7 Å². The number of carbonyl (C=O) groups is 2. The zero-order valence-electron chi connectivity index (χ0n) is 16.5. The number of anilines is 2. The Balaban J connectivity index is 1.58. The topological polar surface area (TPSA) is 104 Å². The van der Waals surface area contributed by atoms with Gasteiger partial charge in [-0.05, 0) is 73.7 Å². The van der Waals surface area contributed by atoms with Crippen molar-refractivity contribution >= 4 is 33.2 Å². The molecule has 0 aromatic heterocycles. The molecule has 0 spiro atoms. The molecular formula is C21H25N3O4S. The molecule has 2 aromatic rings. The molecule has 0 fully saturated rings. The van der Waals surface area contributed by atoms with Crippen LogP contribution in [0.25, 0.3) is 0 Å². The molecule has 1 heterocycles. The molecule has 3 rings (SSSR count). The third kappa shape index (κ3) is 5.42. The van der Waals surface area contributed by atoms with E-state index in [9.17, 15) is 18.0 Å². The van der Waals surface area contributed by atoms with E-state index < -0.39 is 10.0 Å². The Hall–Kier alpha value is -2.71. The fourth-order valence-corrected chi connectivity index (χ4v) is 4.23. The van der Waals surface area contributed by atoms with Gasteiger partial charge in [-0.2, -0.15) is 0 Å². The minimum absolute atomic E-state index is 0.00711. The maximum atomic E-state index is 12.6. The molecule has 8 heteroatoms. The van der Waals surface area contributed by atoms with Gasteiger partial charge in [0.05, 0.1) is 4.90 Å². The number of rotatable bonds is 6. The monoisotopic (exact) mass is 415 g/mol. The number of carbonyl (C=O) groups excluding carboxylic acids is 2. The summed E-state index contributed by atoms with van der Waals surface area (Å²) in [6.07, 6.45) is 1.75. The fourth-order valence-electron chi connectivity index (χ4n) is 3.14. The Bertz CT molecular complexity index is 1050. The Labute approximate surface area is 171 Å². The maximum Gasteiger partial charge on any atom is 0.240 e. The summed E-state index contributed by atoms with van der Waals surface area (Å²) >= 11 is 0. The summed E-state index contributed by atoms with van der Waals surface area (Å²) in [6.45, 7) is 3.95. The Morgan fingerprint density at radius 3 is 2.62 bits per heavy atom. The van der Waals surface area contributed by atoms with Crippen molar-refractivity contribution in [2.24, 2.45) is 0 Å². The molecule has 154 valence electrons. The van der Waals surface area contributed by atoms with Gasteiger partial charge in [0, 0.05) is 30.8 Å². The third-order valence-electron chi connectivity index (χ3n) is 4.95. The summed E-state index contributed by atoms with van der Waals surface area (Å²) in [7, 11) is -3.74. The van der Waals surface area contributed by atoms with E-state index in [2.05, 4.69) is 15.4 Å². The van der Waals surface area contributed by atoms with Crippen LogP contribution in [0.4, 0.5) is 11.4 Å². The molecule has 0 bridgehead atoms. The second-order valence-electron chi connectivity index (χ2n) is 7.22. The van der Waals surface area contributed by atoms with Crippen LogP contribution in [0.3, 0.4) is 0 Å². The third-order valence-corrected chi connectivity index (χ3v) is 6.40. The van der Waals surface area contributed by atoms with Gasteiger partial charge in [-0.15, -0.1) is 0 Å². The Kier molecular flexibility index (Phi) is 6.34. The standard InChI is InChI=1S/C21H25N3O4S/c1-14-6-7-17(12-15(14)2)23-21(26)10-11-22-29(27,28)18-8-9-19-16(13-18)4-3-5-20(25)24-19/h6-9,12-13,22H,3-5,10-11H2,1-2H3,(H,23,26)(H,24,25). The fraction of sp³-hybridized carbons (Fsp3) is 0.333. The van der Waals surface area contributed by atoms with E-state index >= 15 is 0 Å². The van der Waals surface area contributed by atoms with Crippen molar-refractivity contribution in [2.75, 3.05) is 17.2 Å². The van der Waals surface area contributed by atoms with Crippen LogP contribution in [0.1, 0.15) is 36.0 Å². The molecule has 0 atom stereocenters. The summed E-state index contributed by atoms with van der Waals surface area (Å²) in [6, 6.07) is 10.3. The molecule has 0 aliphatic carbocycles. The van der Waals surface area contributed by atoms with Crippen molar-refractivity contribution < 1.29 is 18.0 Å². The molecule has 0 radical (unpaired) electrons. The molecule has 1 aliphatic rings. The molecule has 1 aliphatic heterocycles. The lowest BCUT2D eigenvalue weighted by Gasteiger charge is -2.11. The smallest absolute Gasteiger partial charge is 0.240 e. The summed E-state index contributed by atoms with van der Waals surface area (Å²) in [4.78, 5) is 23.9. The second kappa shape index (κ2) is 8.75. The van der Waals surface area contributed by atoms with Gasteiger partial charge in [-0.3, -0.25) is 9.59 Å². The normalized spacial score (nSPS) is 13.9. The van der Waals surface area contributed by atoms with Gasteiger partial charge in [0.15, 0.2) is 0 Å². The van der Waals surface area contributed by atoms with Gasteiger partial charge in [0.1, 0.15) is 0 Å².